The summed E-state index contributed by atoms with van der Waals surface area (Å²) >= 11 is 0. The predicted octanol–water partition coefficient (Wildman–Crippen LogP) is 1.07. The van der Waals surface area contributed by atoms with Crippen LogP contribution in [0.5, 0.6) is 0 Å². The van der Waals surface area contributed by atoms with Crippen molar-refractivity contribution in [1.29, 1.82) is 0 Å². The maximum Gasteiger partial charge on any atom is 0.315 e. The second-order valence-electron chi connectivity index (χ2n) is 5.38. The minimum atomic E-state index is -0.252. The van der Waals surface area contributed by atoms with Crippen LogP contribution in [-0.4, -0.2) is 34.7 Å². The van der Waals surface area contributed by atoms with E-state index in [9.17, 15) is 4.79 Å². The van der Waals surface area contributed by atoms with Gasteiger partial charge in [-0.25, -0.2) is 0 Å². The maximum absolute atomic E-state index is 11.6. The second-order valence-corrected chi connectivity index (χ2v) is 5.38. The van der Waals surface area contributed by atoms with Crippen LogP contribution in [0.15, 0.2) is 4.42 Å². The van der Waals surface area contributed by atoms with Crippen LogP contribution in [0.2, 0.25) is 0 Å². The molecule has 1 rings (SSSR count). The summed E-state index contributed by atoms with van der Waals surface area (Å²) in [6.07, 6.45) is 0. The average molecular weight is 269 g/mol. The number of anilines is 1. The summed E-state index contributed by atoms with van der Waals surface area (Å²) in [4.78, 5) is 11.6. The molecule has 0 saturated carbocycles. The molecule has 0 fully saturated rings. The second kappa shape index (κ2) is 6.51. The van der Waals surface area contributed by atoms with Gasteiger partial charge in [0.25, 0.3) is 0 Å². The molecule has 0 radical (unpaired) electrons. The number of nitrogens with one attached hydrogen (secondary N) is 3. The van der Waals surface area contributed by atoms with Crippen molar-refractivity contribution in [3.8, 4) is 0 Å². The average Bonchev–Trinajstić information content (AvgIpc) is 2.73. The largest absolute Gasteiger partial charge is 0.406 e. The number of carbonyl (C=O) groups is 1. The van der Waals surface area contributed by atoms with Crippen LogP contribution < -0.4 is 16.0 Å². The van der Waals surface area contributed by atoms with E-state index in [0.29, 0.717) is 5.89 Å². The summed E-state index contributed by atoms with van der Waals surface area (Å²) in [7, 11) is 0. The van der Waals surface area contributed by atoms with Gasteiger partial charge in [0.05, 0.1) is 12.6 Å². The Morgan fingerprint density at radius 3 is 2.63 bits per heavy atom. The Labute approximate surface area is 113 Å². The molecule has 0 aromatic carbocycles. The van der Waals surface area contributed by atoms with Crippen molar-refractivity contribution in [3.63, 3.8) is 0 Å². The monoisotopic (exact) mass is 269 g/mol. The zero-order chi connectivity index (χ0) is 14.5. The molecule has 1 aromatic rings. The summed E-state index contributed by atoms with van der Waals surface area (Å²) < 4.78 is 5.40. The molecule has 7 nitrogen and oxygen atoms in total. The van der Waals surface area contributed by atoms with E-state index in [1.54, 1.807) is 0 Å². The van der Waals surface area contributed by atoms with Crippen molar-refractivity contribution in [2.75, 3.05) is 18.4 Å². The molecule has 0 spiro atoms. The summed E-state index contributed by atoms with van der Waals surface area (Å²) in [5, 5.41) is 16.6. The van der Waals surface area contributed by atoms with Gasteiger partial charge in [0.15, 0.2) is 0 Å². The van der Waals surface area contributed by atoms with E-state index < -0.39 is 0 Å². The number of carbonyl (C=O) groups excluding carboxylic acids is 1. The Balaban J connectivity index is 2.44. The van der Waals surface area contributed by atoms with E-state index in [1.807, 2.05) is 34.6 Å². The lowest BCUT2D eigenvalue weighted by Gasteiger charge is -2.20. The van der Waals surface area contributed by atoms with Gasteiger partial charge in [-0.05, 0) is 34.2 Å². The smallest absolute Gasteiger partial charge is 0.315 e. The van der Waals surface area contributed by atoms with Gasteiger partial charge >= 0.3 is 6.01 Å². The fraction of sp³-hybridized carbons (Fsp3) is 0.750. The molecule has 3 N–H and O–H groups in total. The van der Waals surface area contributed by atoms with E-state index >= 15 is 0 Å². The molecule has 0 aliphatic rings. The fourth-order valence-corrected chi connectivity index (χ4v) is 1.49. The molecule has 1 unspecified atom stereocenters. The van der Waals surface area contributed by atoms with Crippen molar-refractivity contribution in [3.05, 3.63) is 5.89 Å². The van der Waals surface area contributed by atoms with Gasteiger partial charge in [-0.15, -0.1) is 5.10 Å². The molecule has 0 aliphatic heterocycles. The van der Waals surface area contributed by atoms with Crippen molar-refractivity contribution in [1.82, 2.24) is 20.8 Å². The van der Waals surface area contributed by atoms with Gasteiger partial charge in [0.2, 0.25) is 11.8 Å². The first-order chi connectivity index (χ1) is 8.81. The van der Waals surface area contributed by atoms with Gasteiger partial charge < -0.3 is 20.4 Å². The molecule has 19 heavy (non-hydrogen) atoms. The van der Waals surface area contributed by atoms with Gasteiger partial charge in [-0.1, -0.05) is 12.0 Å². The molecular weight excluding hydrogens is 246 g/mol. The van der Waals surface area contributed by atoms with E-state index in [4.69, 9.17) is 4.42 Å². The van der Waals surface area contributed by atoms with E-state index in [0.717, 1.165) is 6.54 Å². The van der Waals surface area contributed by atoms with Crippen LogP contribution in [0, 0.1) is 0 Å². The van der Waals surface area contributed by atoms with E-state index in [-0.39, 0.29) is 30.0 Å². The standard InChI is InChI=1S/C12H23N5O2/c1-6-13-8(2)10-16-17-11(19-10)14-7-9(18)15-12(3,4)5/h8,13H,6-7H2,1-5H3,(H,14,17)(H,15,18). The Morgan fingerprint density at radius 2 is 2.05 bits per heavy atom. The van der Waals surface area contributed by atoms with Gasteiger partial charge in [0, 0.05) is 5.54 Å². The van der Waals surface area contributed by atoms with Crippen LogP contribution in [0.25, 0.3) is 0 Å². The maximum atomic E-state index is 11.6. The molecule has 0 saturated heterocycles. The van der Waals surface area contributed by atoms with E-state index in [1.165, 1.54) is 0 Å². The quantitative estimate of drug-likeness (QED) is 0.715. The van der Waals surface area contributed by atoms with Crippen LogP contribution >= 0.6 is 0 Å². The lowest BCUT2D eigenvalue weighted by molar-refractivity contribution is -0.120. The molecular formula is C12H23N5O2. The van der Waals surface area contributed by atoms with Crippen LogP contribution in [0.4, 0.5) is 6.01 Å². The Morgan fingerprint density at radius 1 is 1.37 bits per heavy atom. The molecule has 108 valence electrons. The van der Waals surface area contributed by atoms with Crippen LogP contribution in [0.1, 0.15) is 46.6 Å². The zero-order valence-electron chi connectivity index (χ0n) is 12.2. The first-order valence-corrected chi connectivity index (χ1v) is 6.43. The summed E-state index contributed by atoms with van der Waals surface area (Å²) in [6.45, 7) is 10.6. The first-order valence-electron chi connectivity index (χ1n) is 6.43. The van der Waals surface area contributed by atoms with Crippen LogP contribution in [0.3, 0.4) is 0 Å². The Bertz CT molecular complexity index is 410. The highest BCUT2D eigenvalue weighted by Gasteiger charge is 2.15. The van der Waals surface area contributed by atoms with Gasteiger partial charge in [0.1, 0.15) is 0 Å². The van der Waals surface area contributed by atoms with Crippen LogP contribution in [-0.2, 0) is 4.79 Å². The third kappa shape index (κ3) is 5.69. The van der Waals surface area contributed by atoms with E-state index in [2.05, 4.69) is 26.1 Å². The predicted molar refractivity (Wildman–Crippen MR) is 72.8 cm³/mol. The number of hydrogen-bond acceptors (Lipinski definition) is 6. The molecule has 7 heteroatoms. The Kier molecular flexibility index (Phi) is 5.29. The zero-order valence-corrected chi connectivity index (χ0v) is 12.2. The molecule has 0 aliphatic carbocycles. The molecule has 1 heterocycles. The third-order valence-electron chi connectivity index (χ3n) is 2.24. The minimum Gasteiger partial charge on any atom is -0.406 e. The van der Waals surface area contributed by atoms with Crippen molar-refractivity contribution >= 4 is 11.9 Å². The highest BCUT2D eigenvalue weighted by molar-refractivity contribution is 5.80. The number of amides is 1. The Hall–Kier alpha value is -1.63. The third-order valence-corrected chi connectivity index (χ3v) is 2.24. The molecule has 1 atom stereocenters. The topological polar surface area (TPSA) is 92.1 Å². The molecule has 1 amide bonds. The first kappa shape index (κ1) is 15.4. The van der Waals surface area contributed by atoms with Crippen molar-refractivity contribution < 1.29 is 9.21 Å². The number of hydrogen-bond donors (Lipinski definition) is 3. The SMILES string of the molecule is CCNC(C)c1nnc(NCC(=O)NC(C)(C)C)o1. The fourth-order valence-electron chi connectivity index (χ4n) is 1.49. The van der Waals surface area contributed by atoms with Crippen molar-refractivity contribution in [2.45, 2.75) is 46.2 Å². The van der Waals surface area contributed by atoms with Crippen molar-refractivity contribution in [2.24, 2.45) is 0 Å². The molecule has 0 bridgehead atoms. The number of aromatic nitrogens is 2. The highest BCUT2D eigenvalue weighted by atomic mass is 16.4. The lowest BCUT2D eigenvalue weighted by Crippen LogP contribution is -2.43. The summed E-state index contributed by atoms with van der Waals surface area (Å²) in [5.41, 5.74) is -0.252. The normalized spacial score (nSPS) is 13.1. The minimum absolute atomic E-state index is 0.00329. The lowest BCUT2D eigenvalue weighted by atomic mass is 10.1. The summed E-state index contributed by atoms with van der Waals surface area (Å²) in [5.74, 6) is 0.382. The number of nitrogens with zero attached hydrogens (tertiary/aromatic N) is 2. The molecule has 1 aromatic heterocycles. The highest BCUT2D eigenvalue weighted by Crippen LogP contribution is 2.12. The summed E-state index contributed by atoms with van der Waals surface area (Å²) in [6, 6.07) is 0.250. The number of rotatable bonds is 6. The van der Waals surface area contributed by atoms with Gasteiger partial charge in [-0.3, -0.25) is 4.79 Å². The van der Waals surface area contributed by atoms with Gasteiger partial charge in [-0.2, -0.15) is 0 Å².